The minimum absolute atomic E-state index is 0.0171. The number of aromatic nitrogens is 1. The fourth-order valence-corrected chi connectivity index (χ4v) is 3.04. The van der Waals surface area contributed by atoms with E-state index in [1.165, 1.54) is 18.3 Å². The molecule has 8 nitrogen and oxygen atoms in total. The van der Waals surface area contributed by atoms with E-state index in [2.05, 4.69) is 4.98 Å². The van der Waals surface area contributed by atoms with Crippen LogP contribution in [0.5, 0.6) is 5.88 Å². The van der Waals surface area contributed by atoms with Crippen LogP contribution >= 0.6 is 0 Å². The molecule has 2 aliphatic heterocycles. The molecule has 2 saturated heterocycles. The normalized spacial score (nSPS) is 19.8. The largest absolute Gasteiger partial charge is 0.490 e. The van der Waals surface area contributed by atoms with Gasteiger partial charge >= 0.3 is 18.2 Å². The Morgan fingerprint density at radius 2 is 2.03 bits per heavy atom. The van der Waals surface area contributed by atoms with Gasteiger partial charge in [0.1, 0.15) is 5.60 Å². The van der Waals surface area contributed by atoms with Crippen molar-refractivity contribution in [1.29, 1.82) is 0 Å². The number of likely N-dealkylation sites (tertiary alicyclic amines) is 1. The van der Waals surface area contributed by atoms with Crippen molar-refractivity contribution in [2.24, 2.45) is 5.92 Å². The molecule has 3 rings (SSSR count). The standard InChI is InChI=1S/C15H20FN3O3.C2HF3O2/c1-18(2)14(20)19-9-15(10-19)11(5-7-22-15)8-21-13-12(16)4-3-6-17-13;3-2(4,5)1(6)7/h3-4,6,11H,5,7-10H2,1-2H3;(H,6,7). The molecule has 162 valence electrons. The van der Waals surface area contributed by atoms with Crippen LogP contribution in [-0.4, -0.2) is 84.1 Å². The second kappa shape index (κ2) is 8.80. The number of nitrogens with zero attached hydrogens (tertiary/aromatic N) is 3. The maximum absolute atomic E-state index is 13.5. The highest BCUT2D eigenvalue weighted by molar-refractivity contribution is 5.75. The molecule has 0 radical (unpaired) electrons. The van der Waals surface area contributed by atoms with Gasteiger partial charge in [-0.15, -0.1) is 0 Å². The molecule has 2 fully saturated rings. The fraction of sp³-hybridized carbons (Fsp3) is 0.588. The van der Waals surface area contributed by atoms with Crippen LogP contribution in [0.15, 0.2) is 18.3 Å². The number of pyridine rings is 1. The fourth-order valence-electron chi connectivity index (χ4n) is 3.04. The van der Waals surface area contributed by atoms with E-state index in [0.29, 0.717) is 26.3 Å². The molecule has 0 bridgehead atoms. The highest BCUT2D eigenvalue weighted by Gasteiger charge is 2.55. The predicted molar refractivity (Wildman–Crippen MR) is 90.8 cm³/mol. The Hall–Kier alpha value is -2.63. The van der Waals surface area contributed by atoms with E-state index in [9.17, 15) is 22.4 Å². The monoisotopic (exact) mass is 423 g/mol. The third-order valence-corrected chi connectivity index (χ3v) is 4.56. The Labute approximate surface area is 164 Å². The molecule has 2 amide bonds. The van der Waals surface area contributed by atoms with Gasteiger partial charge < -0.3 is 24.4 Å². The number of amides is 2. The van der Waals surface area contributed by atoms with E-state index in [4.69, 9.17) is 19.4 Å². The Kier molecular flexibility index (Phi) is 6.88. The summed E-state index contributed by atoms with van der Waals surface area (Å²) in [6.45, 7) is 2.10. The molecule has 1 N–H and O–H groups in total. The molecule has 12 heteroatoms. The molecule has 1 unspecified atom stereocenters. The predicted octanol–water partition coefficient (Wildman–Crippen LogP) is 2.01. The summed E-state index contributed by atoms with van der Waals surface area (Å²) < 4.78 is 56.6. The van der Waals surface area contributed by atoms with Crippen molar-refractivity contribution in [3.63, 3.8) is 0 Å². The summed E-state index contributed by atoms with van der Waals surface area (Å²) in [6, 6.07) is 2.83. The van der Waals surface area contributed by atoms with Gasteiger partial charge in [-0.3, -0.25) is 0 Å². The third-order valence-electron chi connectivity index (χ3n) is 4.56. The summed E-state index contributed by atoms with van der Waals surface area (Å²) in [4.78, 5) is 28.0. The van der Waals surface area contributed by atoms with Gasteiger partial charge in [-0.05, 0) is 18.6 Å². The van der Waals surface area contributed by atoms with Gasteiger partial charge in [0.15, 0.2) is 5.82 Å². The summed E-state index contributed by atoms with van der Waals surface area (Å²) in [5.74, 6) is -3.06. The Balaban J connectivity index is 0.000000370. The van der Waals surface area contributed by atoms with E-state index in [-0.39, 0.29) is 23.4 Å². The average Bonchev–Trinajstić information content (AvgIpc) is 3.02. The van der Waals surface area contributed by atoms with Gasteiger partial charge in [0.25, 0.3) is 0 Å². The summed E-state index contributed by atoms with van der Waals surface area (Å²) in [7, 11) is 3.46. The molecule has 0 aromatic carbocycles. The van der Waals surface area contributed by atoms with Gasteiger partial charge in [0.05, 0.1) is 19.7 Å². The van der Waals surface area contributed by atoms with Crippen LogP contribution in [0, 0.1) is 11.7 Å². The number of carboxylic acid groups (broad SMARTS) is 1. The second-order valence-corrected chi connectivity index (χ2v) is 6.84. The first kappa shape index (κ1) is 22.7. The Bertz CT molecular complexity index is 738. The molecule has 1 atom stereocenters. The number of ether oxygens (including phenoxy) is 2. The summed E-state index contributed by atoms with van der Waals surface area (Å²) in [6.07, 6.45) is -2.74. The quantitative estimate of drug-likeness (QED) is 0.748. The first-order valence-corrected chi connectivity index (χ1v) is 8.60. The summed E-state index contributed by atoms with van der Waals surface area (Å²) in [5.41, 5.74) is -0.350. The molecular weight excluding hydrogens is 402 g/mol. The van der Waals surface area contributed by atoms with Gasteiger partial charge in [0.2, 0.25) is 5.88 Å². The minimum Gasteiger partial charge on any atom is -0.475 e. The Morgan fingerprint density at radius 3 is 2.55 bits per heavy atom. The zero-order valence-electron chi connectivity index (χ0n) is 15.8. The molecule has 1 aromatic heterocycles. The number of hydrogen-bond donors (Lipinski definition) is 1. The van der Waals surface area contributed by atoms with Crippen LogP contribution in [0.2, 0.25) is 0 Å². The number of halogens is 4. The third kappa shape index (κ3) is 5.46. The smallest absolute Gasteiger partial charge is 0.475 e. The van der Waals surface area contributed by atoms with Crippen LogP contribution in [0.3, 0.4) is 0 Å². The average molecular weight is 423 g/mol. The molecule has 1 spiro atoms. The lowest BCUT2D eigenvalue weighted by Crippen LogP contribution is -2.68. The van der Waals surface area contributed by atoms with Crippen LogP contribution in [0.1, 0.15) is 6.42 Å². The van der Waals surface area contributed by atoms with Crippen molar-refractivity contribution in [2.45, 2.75) is 18.2 Å². The lowest BCUT2D eigenvalue weighted by atomic mass is 9.81. The Morgan fingerprint density at radius 1 is 1.41 bits per heavy atom. The number of alkyl halides is 3. The summed E-state index contributed by atoms with van der Waals surface area (Å²) >= 11 is 0. The van der Waals surface area contributed by atoms with Crippen LogP contribution < -0.4 is 4.74 Å². The SMILES string of the molecule is CN(C)C(=O)N1CC2(C1)OCCC2COc1ncccc1F.O=C(O)C(F)(F)F. The van der Waals surface area contributed by atoms with Crippen molar-refractivity contribution in [3.8, 4) is 5.88 Å². The first-order valence-electron chi connectivity index (χ1n) is 8.60. The number of carbonyl (C=O) groups excluding carboxylic acids is 1. The minimum atomic E-state index is -5.08. The van der Waals surface area contributed by atoms with Crippen molar-refractivity contribution < 1.29 is 41.7 Å². The van der Waals surface area contributed by atoms with Gasteiger partial charge in [-0.2, -0.15) is 13.2 Å². The second-order valence-electron chi connectivity index (χ2n) is 6.84. The number of hydrogen-bond acceptors (Lipinski definition) is 5. The van der Waals surface area contributed by atoms with Crippen molar-refractivity contribution in [1.82, 2.24) is 14.8 Å². The topological polar surface area (TPSA) is 92.2 Å². The van der Waals surface area contributed by atoms with E-state index < -0.39 is 18.0 Å². The highest BCUT2D eigenvalue weighted by Crippen LogP contribution is 2.40. The number of aliphatic carboxylic acids is 1. The maximum Gasteiger partial charge on any atom is 0.490 e. The van der Waals surface area contributed by atoms with Gasteiger partial charge in [-0.1, -0.05) is 0 Å². The van der Waals surface area contributed by atoms with Crippen molar-refractivity contribution >= 4 is 12.0 Å². The summed E-state index contributed by atoms with van der Waals surface area (Å²) in [5, 5.41) is 7.12. The number of rotatable bonds is 3. The van der Waals surface area contributed by atoms with E-state index in [1.807, 2.05) is 0 Å². The first-order chi connectivity index (χ1) is 13.5. The van der Waals surface area contributed by atoms with Crippen LogP contribution in [0.4, 0.5) is 22.4 Å². The van der Waals surface area contributed by atoms with Gasteiger partial charge in [0, 0.05) is 32.8 Å². The van der Waals surface area contributed by atoms with Crippen molar-refractivity contribution in [2.75, 3.05) is 40.4 Å². The number of carbonyl (C=O) groups is 2. The van der Waals surface area contributed by atoms with Crippen LogP contribution in [-0.2, 0) is 9.53 Å². The molecule has 29 heavy (non-hydrogen) atoms. The lowest BCUT2D eigenvalue weighted by Gasteiger charge is -2.50. The highest BCUT2D eigenvalue weighted by atomic mass is 19.4. The zero-order chi connectivity index (χ0) is 21.8. The van der Waals surface area contributed by atoms with Crippen LogP contribution in [0.25, 0.3) is 0 Å². The number of urea groups is 1. The van der Waals surface area contributed by atoms with E-state index >= 15 is 0 Å². The van der Waals surface area contributed by atoms with Gasteiger partial charge in [-0.25, -0.2) is 19.0 Å². The lowest BCUT2D eigenvalue weighted by molar-refractivity contribution is -0.192. The molecule has 0 aliphatic carbocycles. The van der Waals surface area contributed by atoms with E-state index in [1.54, 1.807) is 23.9 Å². The maximum atomic E-state index is 13.5. The van der Waals surface area contributed by atoms with Crippen molar-refractivity contribution in [3.05, 3.63) is 24.1 Å². The molecule has 0 saturated carbocycles. The molecule has 2 aliphatic rings. The molecule has 1 aromatic rings. The number of carboxylic acids is 1. The molecular formula is C17H21F4N3O5. The zero-order valence-corrected chi connectivity index (χ0v) is 15.8. The van der Waals surface area contributed by atoms with E-state index in [0.717, 1.165) is 6.42 Å². The molecule has 3 heterocycles.